The van der Waals surface area contributed by atoms with Gasteiger partial charge in [0.25, 0.3) is 5.91 Å². The van der Waals surface area contributed by atoms with E-state index in [1.165, 1.54) is 12.0 Å². The normalized spacial score (nSPS) is 9.69. The first-order chi connectivity index (χ1) is 7.54. The van der Waals surface area contributed by atoms with Crippen molar-refractivity contribution in [1.29, 1.82) is 0 Å². The topological polar surface area (TPSA) is 46.6 Å². The third kappa shape index (κ3) is 3.08. The number of hydrogen-bond donors (Lipinski definition) is 0. The number of rotatable bonds is 3. The van der Waals surface area contributed by atoms with Crippen molar-refractivity contribution >= 4 is 11.9 Å². The van der Waals surface area contributed by atoms with Gasteiger partial charge in [0.1, 0.15) is 6.54 Å². The Morgan fingerprint density at radius 1 is 1.31 bits per heavy atom. The zero-order valence-electron chi connectivity index (χ0n) is 9.40. The van der Waals surface area contributed by atoms with Gasteiger partial charge in [0.2, 0.25) is 0 Å². The molecule has 16 heavy (non-hydrogen) atoms. The highest BCUT2D eigenvalue weighted by atomic mass is 16.5. The molecule has 0 atom stereocenters. The third-order valence-corrected chi connectivity index (χ3v) is 2.14. The number of ether oxygens (including phenoxy) is 1. The molecule has 1 rings (SSSR count). The van der Waals surface area contributed by atoms with Crippen LogP contribution in [-0.4, -0.2) is 37.5 Å². The fraction of sp³-hybridized carbons (Fsp3) is 0.250. The number of nitrogens with zero attached hydrogens (tertiary/aromatic N) is 1. The Balaban J connectivity index is 2.70. The van der Waals surface area contributed by atoms with Gasteiger partial charge < -0.3 is 9.64 Å². The van der Waals surface area contributed by atoms with Crippen LogP contribution in [0.15, 0.2) is 24.3 Å². The number of amides is 1. The van der Waals surface area contributed by atoms with Gasteiger partial charge in [-0.1, -0.05) is 12.1 Å². The van der Waals surface area contributed by atoms with Gasteiger partial charge in [0.15, 0.2) is 0 Å². The minimum absolute atomic E-state index is 0.0541. The van der Waals surface area contributed by atoms with Gasteiger partial charge in [0.05, 0.1) is 7.11 Å². The summed E-state index contributed by atoms with van der Waals surface area (Å²) in [6, 6.07) is 6.86. The summed E-state index contributed by atoms with van der Waals surface area (Å²) in [6.45, 7) is 3.67. The molecule has 1 aromatic rings. The first kappa shape index (κ1) is 12.2. The number of carbonyl (C=O) groups excluding carboxylic acids is 2. The van der Waals surface area contributed by atoms with Gasteiger partial charge in [-0.2, -0.15) is 0 Å². The summed E-state index contributed by atoms with van der Waals surface area (Å²) in [7, 11) is 2.84. The first-order valence-electron chi connectivity index (χ1n) is 4.79. The lowest BCUT2D eigenvalue weighted by molar-refractivity contribution is -0.141. The van der Waals surface area contributed by atoms with Gasteiger partial charge in [-0.25, -0.2) is 0 Å². The van der Waals surface area contributed by atoms with E-state index in [9.17, 15) is 9.59 Å². The molecule has 4 heteroatoms. The van der Waals surface area contributed by atoms with Gasteiger partial charge in [-0.15, -0.1) is 0 Å². The Kier molecular flexibility index (Phi) is 4.05. The summed E-state index contributed by atoms with van der Waals surface area (Å²) in [5.74, 6) is -0.657. The molecule has 0 heterocycles. The molecule has 0 aliphatic heterocycles. The third-order valence-electron chi connectivity index (χ3n) is 2.14. The van der Waals surface area contributed by atoms with Gasteiger partial charge in [-0.3, -0.25) is 9.59 Å². The molecule has 0 fully saturated rings. The maximum atomic E-state index is 11.8. The van der Waals surface area contributed by atoms with Crippen molar-refractivity contribution in [3.8, 4) is 0 Å². The Labute approximate surface area is 94.8 Å². The van der Waals surface area contributed by atoms with E-state index in [1.54, 1.807) is 31.3 Å². The maximum Gasteiger partial charge on any atom is 0.325 e. The van der Waals surface area contributed by atoms with Crippen LogP contribution in [0.1, 0.15) is 15.9 Å². The van der Waals surface area contributed by atoms with Crippen molar-refractivity contribution in [2.24, 2.45) is 0 Å². The molecular weight excluding hydrogens is 206 g/mol. The van der Waals surface area contributed by atoms with Crippen LogP contribution < -0.4 is 0 Å². The average Bonchev–Trinajstić information content (AvgIpc) is 2.28. The summed E-state index contributed by atoms with van der Waals surface area (Å²) in [4.78, 5) is 24.1. The Bertz CT molecular complexity index is 384. The summed E-state index contributed by atoms with van der Waals surface area (Å²) >= 11 is 0. The Hall–Kier alpha value is -1.84. The van der Waals surface area contributed by atoms with Crippen LogP contribution in [0.4, 0.5) is 0 Å². The highest BCUT2D eigenvalue weighted by Gasteiger charge is 2.14. The number of benzene rings is 1. The fourth-order valence-electron chi connectivity index (χ4n) is 1.20. The molecule has 1 aromatic carbocycles. The minimum Gasteiger partial charge on any atom is -0.468 e. The van der Waals surface area contributed by atoms with Crippen molar-refractivity contribution in [3.63, 3.8) is 0 Å². The lowest BCUT2D eigenvalue weighted by atomic mass is 10.1. The van der Waals surface area contributed by atoms with Crippen molar-refractivity contribution in [2.75, 3.05) is 20.7 Å². The molecule has 0 saturated heterocycles. The van der Waals surface area contributed by atoms with Gasteiger partial charge in [-0.05, 0) is 24.6 Å². The van der Waals surface area contributed by atoms with Crippen LogP contribution in [0.5, 0.6) is 0 Å². The molecule has 0 aliphatic rings. The summed E-state index contributed by atoms with van der Waals surface area (Å²) in [6.07, 6.45) is 0. The molecule has 85 valence electrons. The predicted octanol–water partition coefficient (Wildman–Crippen LogP) is 1.11. The average molecular weight is 220 g/mol. The standard InChI is InChI=1S/C12H14NO3/c1-9-4-6-10(7-5-9)12(15)13(2)8-11(14)16-3/h4-7H,1,8H2,2-3H3. The predicted molar refractivity (Wildman–Crippen MR) is 59.9 cm³/mol. The Morgan fingerprint density at radius 2 is 1.88 bits per heavy atom. The summed E-state index contributed by atoms with van der Waals surface area (Å²) in [5.41, 5.74) is 1.37. The highest BCUT2D eigenvalue weighted by molar-refractivity contribution is 5.95. The van der Waals surface area contributed by atoms with E-state index in [-0.39, 0.29) is 12.5 Å². The van der Waals surface area contributed by atoms with E-state index in [4.69, 9.17) is 0 Å². The molecule has 0 aliphatic carbocycles. The van der Waals surface area contributed by atoms with Gasteiger partial charge in [0, 0.05) is 12.6 Å². The Morgan fingerprint density at radius 3 is 2.38 bits per heavy atom. The molecule has 1 radical (unpaired) electrons. The second kappa shape index (κ2) is 5.30. The number of methoxy groups -OCH3 is 1. The second-order valence-corrected chi connectivity index (χ2v) is 3.43. The highest BCUT2D eigenvalue weighted by Crippen LogP contribution is 2.05. The van der Waals surface area contributed by atoms with Crippen molar-refractivity contribution in [1.82, 2.24) is 4.90 Å². The molecule has 0 spiro atoms. The molecular formula is C12H14NO3. The van der Waals surface area contributed by atoms with Crippen LogP contribution in [0.3, 0.4) is 0 Å². The minimum atomic E-state index is -0.440. The van der Waals surface area contributed by atoms with E-state index in [0.717, 1.165) is 5.56 Å². The second-order valence-electron chi connectivity index (χ2n) is 3.43. The van der Waals surface area contributed by atoms with E-state index in [2.05, 4.69) is 11.7 Å². The van der Waals surface area contributed by atoms with E-state index < -0.39 is 5.97 Å². The molecule has 0 bridgehead atoms. The van der Waals surface area contributed by atoms with Crippen molar-refractivity contribution in [3.05, 3.63) is 42.3 Å². The zero-order chi connectivity index (χ0) is 12.1. The number of esters is 1. The van der Waals surface area contributed by atoms with E-state index >= 15 is 0 Å². The van der Waals surface area contributed by atoms with Gasteiger partial charge >= 0.3 is 5.97 Å². The fourth-order valence-corrected chi connectivity index (χ4v) is 1.20. The van der Waals surface area contributed by atoms with Crippen molar-refractivity contribution in [2.45, 2.75) is 0 Å². The molecule has 1 amide bonds. The first-order valence-corrected chi connectivity index (χ1v) is 4.79. The number of carbonyl (C=O) groups is 2. The largest absolute Gasteiger partial charge is 0.468 e. The smallest absolute Gasteiger partial charge is 0.325 e. The molecule has 0 unspecified atom stereocenters. The van der Waals surface area contributed by atoms with Crippen LogP contribution in [0, 0.1) is 6.92 Å². The number of hydrogen-bond acceptors (Lipinski definition) is 3. The van der Waals surface area contributed by atoms with Crippen LogP contribution in [0.2, 0.25) is 0 Å². The molecule has 0 N–H and O–H groups in total. The van der Waals surface area contributed by atoms with Crippen LogP contribution >= 0.6 is 0 Å². The zero-order valence-corrected chi connectivity index (χ0v) is 9.40. The SMILES string of the molecule is [CH2]c1ccc(C(=O)N(C)CC(=O)OC)cc1. The van der Waals surface area contributed by atoms with E-state index in [1.807, 2.05) is 0 Å². The molecule has 0 saturated carbocycles. The molecule has 0 aromatic heterocycles. The number of likely N-dealkylation sites (N-methyl/N-ethyl adjacent to an activating group) is 1. The van der Waals surface area contributed by atoms with Crippen molar-refractivity contribution < 1.29 is 14.3 Å². The lowest BCUT2D eigenvalue weighted by Crippen LogP contribution is -2.32. The summed E-state index contributed by atoms with van der Waals surface area (Å²) < 4.78 is 4.48. The van der Waals surface area contributed by atoms with Crippen LogP contribution in [-0.2, 0) is 9.53 Å². The maximum absolute atomic E-state index is 11.8. The summed E-state index contributed by atoms with van der Waals surface area (Å²) in [5, 5.41) is 0. The van der Waals surface area contributed by atoms with Crippen LogP contribution in [0.25, 0.3) is 0 Å². The van der Waals surface area contributed by atoms with E-state index in [0.29, 0.717) is 5.56 Å². The monoisotopic (exact) mass is 220 g/mol. The molecule has 4 nitrogen and oxygen atoms in total. The lowest BCUT2D eigenvalue weighted by Gasteiger charge is -2.15. The quantitative estimate of drug-likeness (QED) is 0.717.